The molecule has 0 N–H and O–H groups in total. The Kier molecular flexibility index (Phi) is 14.0. The van der Waals surface area contributed by atoms with Crippen molar-refractivity contribution in [2.45, 2.75) is 98.1 Å². The zero-order valence-corrected chi connectivity index (χ0v) is 19.8. The monoisotopic (exact) mass is 354 g/mol. The lowest BCUT2D eigenvalue weighted by Gasteiger charge is -2.52. The van der Waals surface area contributed by atoms with E-state index >= 15 is 0 Å². The molecule has 0 aliphatic heterocycles. The van der Waals surface area contributed by atoms with E-state index in [0.29, 0.717) is 0 Å². The van der Waals surface area contributed by atoms with Crippen molar-refractivity contribution in [3.8, 4) is 0 Å². The first-order chi connectivity index (χ1) is 11.5. The number of hydrogen-bond acceptors (Lipinski definition) is 2. The summed E-state index contributed by atoms with van der Waals surface area (Å²) in [5, 5.41) is 1.48. The normalized spacial score (nSPS) is 12.5. The Bertz CT molecular complexity index is 281. The van der Waals surface area contributed by atoms with E-state index in [1.807, 2.05) is 0 Å². The van der Waals surface area contributed by atoms with Crippen molar-refractivity contribution < 1.29 is 0 Å². The maximum absolute atomic E-state index is 4.55. The summed E-state index contributed by atoms with van der Waals surface area (Å²) < 4.78 is 0. The average molecular weight is 355 g/mol. The topological polar surface area (TPSA) is 6.48 Å². The van der Waals surface area contributed by atoms with Gasteiger partial charge in [-0.3, -0.25) is 9.80 Å². The summed E-state index contributed by atoms with van der Waals surface area (Å²) in [6, 6.07) is 0. The summed E-state index contributed by atoms with van der Waals surface area (Å²) in [5.41, 5.74) is 0.112. The van der Waals surface area contributed by atoms with Gasteiger partial charge in [0.2, 0.25) is 0 Å². The zero-order valence-electron chi connectivity index (χ0n) is 17.8. The second-order valence-corrected chi connectivity index (χ2v) is 8.55. The van der Waals surface area contributed by atoms with E-state index in [1.165, 1.54) is 89.2 Å². The van der Waals surface area contributed by atoms with E-state index < -0.39 is 0 Å². The van der Waals surface area contributed by atoms with Crippen LogP contribution >= 0.6 is 0 Å². The highest BCUT2D eigenvalue weighted by Crippen LogP contribution is 2.32. The molecule has 0 radical (unpaired) electrons. The molecular formula is C21H46N2Si. The van der Waals surface area contributed by atoms with Crippen LogP contribution in [0.2, 0.25) is 0 Å². The lowest BCUT2D eigenvalue weighted by molar-refractivity contribution is -0.0329. The Hall–Kier alpha value is -0.123. The fourth-order valence-electron chi connectivity index (χ4n) is 3.85. The number of nitrogens with zero attached hydrogens (tertiary/aromatic N) is 2. The predicted octanol–water partition coefficient (Wildman–Crippen LogP) is 4.78. The highest BCUT2D eigenvalue weighted by molar-refractivity contribution is 6.22. The first-order valence-electron chi connectivity index (χ1n) is 10.7. The maximum Gasteiger partial charge on any atom is 0.0908 e. The lowest BCUT2D eigenvalue weighted by Crippen LogP contribution is -2.62. The largest absolute Gasteiger partial charge is 0.282 e. The Morgan fingerprint density at radius 3 is 1.17 bits per heavy atom. The molecule has 0 saturated heterocycles. The van der Waals surface area contributed by atoms with Crippen molar-refractivity contribution in [2.24, 2.45) is 0 Å². The maximum atomic E-state index is 4.55. The van der Waals surface area contributed by atoms with Gasteiger partial charge in [-0.15, -0.1) is 6.58 Å². The van der Waals surface area contributed by atoms with Crippen molar-refractivity contribution >= 4 is 10.2 Å². The molecule has 0 aliphatic rings. The van der Waals surface area contributed by atoms with Crippen LogP contribution in [0.4, 0.5) is 0 Å². The van der Waals surface area contributed by atoms with Gasteiger partial charge in [0.15, 0.2) is 0 Å². The summed E-state index contributed by atoms with van der Waals surface area (Å²) in [4.78, 5) is 5.61. The van der Waals surface area contributed by atoms with Gasteiger partial charge in [0.25, 0.3) is 0 Å². The standard InChI is InChI=1S/C21H46N2Si/c1-7-12-16-22(17-13-8-2)21(11-5,20(6)24)23(18-14-9-3)19-15-10-4/h6-19H2,1-5,24H3. The van der Waals surface area contributed by atoms with Crippen LogP contribution in [-0.2, 0) is 0 Å². The van der Waals surface area contributed by atoms with Gasteiger partial charge >= 0.3 is 0 Å². The molecule has 0 rings (SSSR count). The van der Waals surface area contributed by atoms with E-state index in [2.05, 4.69) is 51.0 Å². The van der Waals surface area contributed by atoms with Gasteiger partial charge in [0.05, 0.1) is 5.66 Å². The summed E-state index contributed by atoms with van der Waals surface area (Å²) in [7, 11) is 1.09. The molecule has 0 aromatic carbocycles. The van der Waals surface area contributed by atoms with Crippen LogP contribution in [0, 0.1) is 0 Å². The number of unbranched alkanes of at least 4 members (excludes halogenated alkanes) is 4. The highest BCUT2D eigenvalue weighted by atomic mass is 28.1. The molecular weight excluding hydrogens is 308 g/mol. The van der Waals surface area contributed by atoms with Crippen LogP contribution in [0.5, 0.6) is 0 Å². The van der Waals surface area contributed by atoms with E-state index in [4.69, 9.17) is 0 Å². The van der Waals surface area contributed by atoms with Crippen LogP contribution in [0.3, 0.4) is 0 Å². The minimum atomic E-state index is 0.112. The van der Waals surface area contributed by atoms with Crippen molar-refractivity contribution in [3.05, 3.63) is 11.8 Å². The molecule has 144 valence electrons. The minimum Gasteiger partial charge on any atom is -0.282 e. The van der Waals surface area contributed by atoms with E-state index in [1.54, 1.807) is 0 Å². The summed E-state index contributed by atoms with van der Waals surface area (Å²) in [6.45, 7) is 21.1. The van der Waals surface area contributed by atoms with Crippen molar-refractivity contribution in [1.82, 2.24) is 9.80 Å². The Morgan fingerprint density at radius 2 is 1.00 bits per heavy atom. The van der Waals surface area contributed by atoms with Crippen molar-refractivity contribution in [3.63, 3.8) is 0 Å². The fraction of sp³-hybridized carbons (Fsp3) is 0.905. The van der Waals surface area contributed by atoms with Crippen LogP contribution in [0.15, 0.2) is 11.8 Å². The number of hydrogen-bond donors (Lipinski definition) is 0. The fourth-order valence-corrected chi connectivity index (χ4v) is 4.83. The molecule has 24 heavy (non-hydrogen) atoms. The van der Waals surface area contributed by atoms with Crippen LogP contribution in [0.25, 0.3) is 0 Å². The second kappa shape index (κ2) is 14.1. The third-order valence-electron chi connectivity index (χ3n) is 5.35. The third-order valence-corrected chi connectivity index (χ3v) is 6.15. The molecule has 0 aromatic heterocycles. The summed E-state index contributed by atoms with van der Waals surface area (Å²) in [5.74, 6) is 0. The first-order valence-corrected chi connectivity index (χ1v) is 11.7. The Balaban J connectivity index is 5.63. The second-order valence-electron chi connectivity index (χ2n) is 7.34. The molecule has 0 bridgehead atoms. The molecule has 0 fully saturated rings. The van der Waals surface area contributed by atoms with E-state index in [9.17, 15) is 0 Å². The molecule has 2 nitrogen and oxygen atoms in total. The van der Waals surface area contributed by atoms with Gasteiger partial charge < -0.3 is 0 Å². The molecule has 0 atom stereocenters. The molecule has 0 amide bonds. The predicted molar refractivity (Wildman–Crippen MR) is 115 cm³/mol. The van der Waals surface area contributed by atoms with Crippen molar-refractivity contribution in [1.29, 1.82) is 0 Å². The molecule has 0 aliphatic carbocycles. The third kappa shape index (κ3) is 7.01. The molecule has 0 saturated carbocycles. The Labute approximate surface area is 156 Å². The zero-order chi connectivity index (χ0) is 18.4. The molecule has 0 unspecified atom stereocenters. The van der Waals surface area contributed by atoms with Gasteiger partial charge in [0, 0.05) is 36.4 Å². The SMILES string of the molecule is C=C([SiH3])C(CC)(N(CCCC)CCCC)N(CCCC)CCCC. The van der Waals surface area contributed by atoms with Crippen LogP contribution < -0.4 is 0 Å². The van der Waals surface area contributed by atoms with Gasteiger partial charge in [-0.2, -0.15) is 0 Å². The number of rotatable bonds is 16. The van der Waals surface area contributed by atoms with Crippen molar-refractivity contribution in [2.75, 3.05) is 26.2 Å². The van der Waals surface area contributed by atoms with Crippen LogP contribution in [0.1, 0.15) is 92.4 Å². The molecule has 0 aromatic rings. The lowest BCUT2D eigenvalue weighted by atomic mass is 9.98. The minimum absolute atomic E-state index is 0.112. The quantitative estimate of drug-likeness (QED) is 0.291. The van der Waals surface area contributed by atoms with Gasteiger partial charge in [-0.25, -0.2) is 0 Å². The molecule has 0 heterocycles. The van der Waals surface area contributed by atoms with E-state index in [0.717, 1.165) is 10.2 Å². The highest BCUT2D eigenvalue weighted by Gasteiger charge is 2.40. The van der Waals surface area contributed by atoms with E-state index in [-0.39, 0.29) is 5.66 Å². The molecule has 3 heteroatoms. The van der Waals surface area contributed by atoms with Gasteiger partial charge in [-0.05, 0) is 32.1 Å². The molecule has 0 spiro atoms. The Morgan fingerprint density at radius 1 is 0.708 bits per heavy atom. The summed E-state index contributed by atoms with van der Waals surface area (Å²) in [6.07, 6.45) is 11.5. The van der Waals surface area contributed by atoms with Crippen LogP contribution in [-0.4, -0.2) is 51.9 Å². The first kappa shape index (κ1) is 23.9. The van der Waals surface area contributed by atoms with Gasteiger partial charge in [-0.1, -0.05) is 65.5 Å². The average Bonchev–Trinajstić information content (AvgIpc) is 2.58. The summed E-state index contributed by atoms with van der Waals surface area (Å²) >= 11 is 0. The smallest absolute Gasteiger partial charge is 0.0908 e. The van der Waals surface area contributed by atoms with Gasteiger partial charge in [0.1, 0.15) is 0 Å².